The largest absolute Gasteiger partial charge is 0.459 e. The molecule has 0 amide bonds. The molecule has 0 aromatic rings. The van der Waals surface area contributed by atoms with Gasteiger partial charge in [-0.2, -0.15) is 0 Å². The highest BCUT2D eigenvalue weighted by molar-refractivity contribution is 5.84. The Morgan fingerprint density at radius 2 is 1.78 bits per heavy atom. The van der Waals surface area contributed by atoms with Gasteiger partial charge in [0.1, 0.15) is 18.0 Å². The van der Waals surface area contributed by atoms with Gasteiger partial charge in [0.05, 0.1) is 0 Å². The molecule has 5 heteroatoms. The Labute approximate surface area is 106 Å². The van der Waals surface area contributed by atoms with Crippen LogP contribution in [0.15, 0.2) is 0 Å². The molecule has 0 radical (unpaired) electrons. The van der Waals surface area contributed by atoms with E-state index in [2.05, 4.69) is 0 Å². The fraction of sp³-hybridized carbons (Fsp3) is 0.769. The van der Waals surface area contributed by atoms with Crippen molar-refractivity contribution in [2.75, 3.05) is 0 Å². The van der Waals surface area contributed by atoms with Gasteiger partial charge in [0, 0.05) is 32.1 Å². The molecule has 0 N–H and O–H groups in total. The predicted molar refractivity (Wildman–Crippen MR) is 61.5 cm³/mol. The second kappa shape index (κ2) is 4.71. The van der Waals surface area contributed by atoms with Crippen LogP contribution >= 0.6 is 0 Å². The molecule has 2 aliphatic rings. The first-order valence-corrected chi connectivity index (χ1v) is 6.27. The van der Waals surface area contributed by atoms with Gasteiger partial charge >= 0.3 is 11.9 Å². The van der Waals surface area contributed by atoms with E-state index in [1.165, 1.54) is 13.8 Å². The number of carbonyl (C=O) groups is 3. The van der Waals surface area contributed by atoms with Crippen LogP contribution in [0.3, 0.4) is 0 Å². The Morgan fingerprint density at radius 1 is 1.17 bits per heavy atom. The highest BCUT2D eigenvalue weighted by Crippen LogP contribution is 2.48. The van der Waals surface area contributed by atoms with Crippen molar-refractivity contribution in [3.8, 4) is 0 Å². The van der Waals surface area contributed by atoms with Gasteiger partial charge in [0.15, 0.2) is 0 Å². The summed E-state index contributed by atoms with van der Waals surface area (Å²) < 4.78 is 10.5. The zero-order chi connectivity index (χ0) is 13.4. The van der Waals surface area contributed by atoms with Crippen molar-refractivity contribution in [2.24, 2.45) is 17.8 Å². The first kappa shape index (κ1) is 13.1. The SMILES string of the molecule is CC(=O)O[C@H]1[C@@H]2[C@@H](CC(=O)[C@H]2C)C[C@H]1OC(C)=O. The number of hydrogen-bond donors (Lipinski definition) is 0. The average Bonchev–Trinajstić information content (AvgIpc) is 2.66. The molecule has 0 bridgehead atoms. The van der Waals surface area contributed by atoms with E-state index in [0.717, 1.165) is 0 Å². The van der Waals surface area contributed by atoms with Gasteiger partial charge in [0.25, 0.3) is 0 Å². The first-order chi connectivity index (χ1) is 8.40. The molecule has 5 nitrogen and oxygen atoms in total. The number of carbonyl (C=O) groups excluding carboxylic acids is 3. The smallest absolute Gasteiger partial charge is 0.303 e. The van der Waals surface area contributed by atoms with Gasteiger partial charge in [-0.1, -0.05) is 6.92 Å². The normalized spacial score (nSPS) is 38.4. The molecular weight excluding hydrogens is 236 g/mol. The van der Waals surface area contributed by atoms with Crippen LogP contribution in [0.5, 0.6) is 0 Å². The van der Waals surface area contributed by atoms with Crippen LogP contribution in [0.4, 0.5) is 0 Å². The van der Waals surface area contributed by atoms with Gasteiger partial charge in [-0.3, -0.25) is 14.4 Å². The van der Waals surface area contributed by atoms with E-state index in [1.807, 2.05) is 6.92 Å². The summed E-state index contributed by atoms with van der Waals surface area (Å²) in [6.07, 6.45) is 0.231. The van der Waals surface area contributed by atoms with Crippen molar-refractivity contribution in [1.29, 1.82) is 0 Å². The lowest BCUT2D eigenvalue weighted by molar-refractivity contribution is -0.166. The number of fused-ring (bicyclic) bond motifs is 1. The lowest BCUT2D eigenvalue weighted by Gasteiger charge is -2.25. The van der Waals surface area contributed by atoms with E-state index in [-0.39, 0.29) is 29.5 Å². The fourth-order valence-electron chi connectivity index (χ4n) is 3.35. The van der Waals surface area contributed by atoms with Crippen LogP contribution in [0.25, 0.3) is 0 Å². The average molecular weight is 254 g/mol. The van der Waals surface area contributed by atoms with Gasteiger partial charge < -0.3 is 9.47 Å². The van der Waals surface area contributed by atoms with E-state index in [0.29, 0.717) is 12.8 Å². The quantitative estimate of drug-likeness (QED) is 0.690. The van der Waals surface area contributed by atoms with Crippen molar-refractivity contribution in [3.05, 3.63) is 0 Å². The Hall–Kier alpha value is -1.39. The second-order valence-electron chi connectivity index (χ2n) is 5.25. The molecule has 2 aliphatic carbocycles. The molecule has 0 unspecified atom stereocenters. The number of rotatable bonds is 2. The summed E-state index contributed by atoms with van der Waals surface area (Å²) in [6.45, 7) is 4.53. The lowest BCUT2D eigenvalue weighted by atomic mass is 9.91. The number of esters is 2. The second-order valence-corrected chi connectivity index (χ2v) is 5.25. The standard InChI is InChI=1S/C13H18O5/c1-6-10(16)4-9-5-11(17-7(2)14)13(12(6)9)18-8(3)15/h6,9,11-13H,4-5H2,1-3H3/t6-,9+,11-,12+,13-/m1/s1. The third kappa shape index (κ3) is 2.26. The van der Waals surface area contributed by atoms with Crippen LogP contribution in [0.1, 0.15) is 33.6 Å². The van der Waals surface area contributed by atoms with E-state index < -0.39 is 18.2 Å². The molecule has 0 aromatic heterocycles. The molecule has 0 aliphatic heterocycles. The van der Waals surface area contributed by atoms with Crippen LogP contribution in [0, 0.1) is 17.8 Å². The summed E-state index contributed by atoms with van der Waals surface area (Å²) in [6, 6.07) is 0. The van der Waals surface area contributed by atoms with Crippen LogP contribution in [0.2, 0.25) is 0 Å². The molecule has 18 heavy (non-hydrogen) atoms. The van der Waals surface area contributed by atoms with E-state index in [9.17, 15) is 14.4 Å². The van der Waals surface area contributed by atoms with Crippen LogP contribution in [-0.2, 0) is 23.9 Å². The number of ketones is 1. The Balaban J connectivity index is 2.18. The van der Waals surface area contributed by atoms with Crippen molar-refractivity contribution in [2.45, 2.75) is 45.8 Å². The molecular formula is C13H18O5. The summed E-state index contributed by atoms with van der Waals surface area (Å²) in [5.74, 6) is -0.532. The monoisotopic (exact) mass is 254 g/mol. The molecule has 0 saturated heterocycles. The zero-order valence-electron chi connectivity index (χ0n) is 10.8. The van der Waals surface area contributed by atoms with E-state index in [4.69, 9.17) is 9.47 Å². The zero-order valence-corrected chi connectivity index (χ0v) is 10.8. The highest BCUT2D eigenvalue weighted by atomic mass is 16.6. The maximum Gasteiger partial charge on any atom is 0.303 e. The van der Waals surface area contributed by atoms with Gasteiger partial charge in [0.2, 0.25) is 0 Å². The number of ether oxygens (including phenoxy) is 2. The first-order valence-electron chi connectivity index (χ1n) is 6.27. The van der Waals surface area contributed by atoms with Crippen LogP contribution < -0.4 is 0 Å². The summed E-state index contributed by atoms with van der Waals surface area (Å²) in [5, 5.41) is 0. The summed E-state index contributed by atoms with van der Waals surface area (Å²) in [7, 11) is 0. The van der Waals surface area contributed by atoms with Crippen LogP contribution in [-0.4, -0.2) is 29.9 Å². The topological polar surface area (TPSA) is 69.7 Å². The Morgan fingerprint density at radius 3 is 2.33 bits per heavy atom. The van der Waals surface area contributed by atoms with Gasteiger partial charge in [-0.15, -0.1) is 0 Å². The maximum atomic E-state index is 11.7. The van der Waals surface area contributed by atoms with Crippen molar-refractivity contribution in [3.63, 3.8) is 0 Å². The molecule has 5 atom stereocenters. The Bertz CT molecular complexity index is 389. The molecule has 2 fully saturated rings. The minimum Gasteiger partial charge on any atom is -0.459 e. The minimum atomic E-state index is -0.474. The molecule has 100 valence electrons. The fourth-order valence-corrected chi connectivity index (χ4v) is 3.35. The molecule has 0 heterocycles. The summed E-state index contributed by atoms with van der Waals surface area (Å²) in [5.41, 5.74) is 0. The van der Waals surface area contributed by atoms with Crippen molar-refractivity contribution >= 4 is 17.7 Å². The summed E-state index contributed by atoms with van der Waals surface area (Å²) in [4.78, 5) is 33.9. The molecule has 0 aromatic carbocycles. The third-order valence-corrected chi connectivity index (χ3v) is 3.99. The maximum absolute atomic E-state index is 11.7. The predicted octanol–water partition coefficient (Wildman–Crippen LogP) is 1.09. The van der Waals surface area contributed by atoms with Crippen molar-refractivity contribution in [1.82, 2.24) is 0 Å². The van der Waals surface area contributed by atoms with Crippen molar-refractivity contribution < 1.29 is 23.9 Å². The summed E-state index contributed by atoms with van der Waals surface area (Å²) >= 11 is 0. The molecule has 0 spiro atoms. The minimum absolute atomic E-state index is 0.00856. The van der Waals surface area contributed by atoms with E-state index >= 15 is 0 Å². The van der Waals surface area contributed by atoms with E-state index in [1.54, 1.807) is 0 Å². The number of Topliss-reactive ketones (excluding diaryl/α,β-unsaturated/α-hetero) is 1. The van der Waals surface area contributed by atoms with Gasteiger partial charge in [-0.25, -0.2) is 0 Å². The highest BCUT2D eigenvalue weighted by Gasteiger charge is 2.55. The third-order valence-electron chi connectivity index (χ3n) is 3.99. The Kier molecular flexibility index (Phi) is 3.41. The van der Waals surface area contributed by atoms with Gasteiger partial charge in [-0.05, 0) is 12.3 Å². The lowest BCUT2D eigenvalue weighted by Crippen LogP contribution is -2.36. The molecule has 2 saturated carbocycles. The molecule has 2 rings (SSSR count). The number of hydrogen-bond acceptors (Lipinski definition) is 5.